The van der Waals surface area contributed by atoms with Gasteiger partial charge in [0, 0.05) is 50.9 Å². The van der Waals surface area contributed by atoms with E-state index in [0.717, 1.165) is 6.42 Å². The molecule has 2 unspecified atom stereocenters. The Hall–Kier alpha value is -5.22. The minimum atomic E-state index is -0.0963. The minimum absolute atomic E-state index is 0.0110. The average Bonchev–Trinajstić information content (AvgIpc) is 3.36. The molecule has 0 aromatic heterocycles. The van der Waals surface area contributed by atoms with Gasteiger partial charge >= 0.3 is 0 Å². The van der Waals surface area contributed by atoms with Crippen molar-refractivity contribution in [1.82, 2.24) is 0 Å². The Balaban J connectivity index is 1.31. The van der Waals surface area contributed by atoms with Gasteiger partial charge in [-0.1, -0.05) is 138 Å². The largest absolute Gasteiger partial charge is 0.334 e. The highest BCUT2D eigenvalue weighted by atomic mass is 15.3. The first-order valence-electron chi connectivity index (χ1n) is 20.2. The van der Waals surface area contributed by atoms with Crippen LogP contribution in [0.5, 0.6) is 0 Å². The molecule has 268 valence electrons. The van der Waals surface area contributed by atoms with Crippen LogP contribution in [-0.4, -0.2) is 12.3 Å². The first-order valence-corrected chi connectivity index (χ1v) is 20.2. The molecule has 0 N–H and O–H groups in total. The Morgan fingerprint density at radius 3 is 1.57 bits per heavy atom. The average molecular weight is 704 g/mol. The lowest BCUT2D eigenvalue weighted by molar-refractivity contribution is 0.217. The van der Waals surface area contributed by atoms with Crippen molar-refractivity contribution in [3.63, 3.8) is 0 Å². The molecule has 0 amide bonds. The lowest BCUT2D eigenvalue weighted by Crippen LogP contribution is -2.61. The smallest absolute Gasteiger partial charge is 0.252 e. The topological polar surface area (TPSA) is 9.72 Å². The van der Waals surface area contributed by atoms with E-state index in [1.165, 1.54) is 105 Å². The number of rotatable bonds is 3. The quantitative estimate of drug-likeness (QED) is 0.170. The fraction of sp³-hybridized carbons (Fsp3) is 0.280. The molecule has 0 spiro atoms. The summed E-state index contributed by atoms with van der Waals surface area (Å²) in [6.45, 7) is 12.4. The summed E-state index contributed by atoms with van der Waals surface area (Å²) < 4.78 is 0. The number of nitrogens with zero attached hydrogens (tertiary/aromatic N) is 3. The van der Waals surface area contributed by atoms with Crippen molar-refractivity contribution in [2.24, 2.45) is 0 Å². The van der Waals surface area contributed by atoms with Crippen molar-refractivity contribution in [1.29, 1.82) is 0 Å². The van der Waals surface area contributed by atoms with Gasteiger partial charge in [-0.05, 0) is 107 Å². The second kappa shape index (κ2) is 12.1. The predicted molar refractivity (Wildman–Crippen MR) is 231 cm³/mol. The zero-order chi connectivity index (χ0) is 36.8. The number of para-hydroxylation sites is 4. The number of benzene rings is 6. The lowest BCUT2D eigenvalue weighted by Gasteiger charge is -2.50. The maximum atomic E-state index is 2.80. The molecular formula is C50H50BN3. The number of hydrogen-bond donors (Lipinski definition) is 0. The second-order valence-corrected chi connectivity index (χ2v) is 17.6. The zero-order valence-corrected chi connectivity index (χ0v) is 32.4. The van der Waals surface area contributed by atoms with Gasteiger partial charge < -0.3 is 14.7 Å². The summed E-state index contributed by atoms with van der Waals surface area (Å²) in [6.07, 6.45) is 7.50. The highest BCUT2D eigenvalue weighted by molar-refractivity contribution is 7.00. The van der Waals surface area contributed by atoms with Crippen LogP contribution in [0.2, 0.25) is 0 Å². The van der Waals surface area contributed by atoms with Crippen LogP contribution in [0.1, 0.15) is 84.3 Å². The fourth-order valence-corrected chi connectivity index (χ4v) is 10.7. The van der Waals surface area contributed by atoms with E-state index >= 15 is 0 Å². The molecule has 0 bridgehead atoms. The molecule has 1 fully saturated rings. The molecule has 1 aliphatic carbocycles. The molecule has 10 rings (SSSR count). The first kappa shape index (κ1) is 33.4. The SMILES string of the molecule is CC(C)(C)c1ccc2c(c1)C1(C)CCCCCCC1(C)N2c1cc2c3c(c1)N(c1ccccc1)c1ccccc1B3c1ccccc1N2c1ccccc1. The van der Waals surface area contributed by atoms with E-state index in [4.69, 9.17) is 0 Å². The second-order valence-electron chi connectivity index (χ2n) is 17.6. The molecular weight excluding hydrogens is 653 g/mol. The Kier molecular flexibility index (Phi) is 7.51. The molecule has 0 radical (unpaired) electrons. The van der Waals surface area contributed by atoms with Gasteiger partial charge in [0.05, 0.1) is 5.54 Å². The Bertz CT molecular complexity index is 2290. The summed E-state index contributed by atoms with van der Waals surface area (Å²) in [7, 11) is 0. The van der Waals surface area contributed by atoms with Crippen molar-refractivity contribution >= 4 is 68.6 Å². The van der Waals surface area contributed by atoms with E-state index in [1.807, 2.05) is 0 Å². The normalized spacial score (nSPS) is 21.4. The van der Waals surface area contributed by atoms with E-state index in [2.05, 4.69) is 189 Å². The monoisotopic (exact) mass is 703 g/mol. The summed E-state index contributed by atoms with van der Waals surface area (Å²) in [5, 5.41) is 0. The van der Waals surface area contributed by atoms with E-state index in [9.17, 15) is 0 Å². The molecule has 6 aromatic carbocycles. The van der Waals surface area contributed by atoms with Gasteiger partial charge in [-0.15, -0.1) is 0 Å². The van der Waals surface area contributed by atoms with Gasteiger partial charge in [0.2, 0.25) is 0 Å². The first-order chi connectivity index (χ1) is 26.2. The van der Waals surface area contributed by atoms with Crippen LogP contribution in [0.15, 0.2) is 140 Å². The van der Waals surface area contributed by atoms with Crippen LogP contribution >= 0.6 is 0 Å². The molecule has 3 aliphatic heterocycles. The molecule has 54 heavy (non-hydrogen) atoms. The van der Waals surface area contributed by atoms with Crippen molar-refractivity contribution < 1.29 is 0 Å². The third-order valence-corrected chi connectivity index (χ3v) is 13.6. The molecule has 2 atom stereocenters. The predicted octanol–water partition coefficient (Wildman–Crippen LogP) is 11.6. The summed E-state index contributed by atoms with van der Waals surface area (Å²) in [6, 6.07) is 52.9. The van der Waals surface area contributed by atoms with Gasteiger partial charge in [-0.25, -0.2) is 0 Å². The third kappa shape index (κ3) is 4.74. The highest BCUT2D eigenvalue weighted by Gasteiger charge is 2.57. The Morgan fingerprint density at radius 2 is 1.02 bits per heavy atom. The van der Waals surface area contributed by atoms with Crippen LogP contribution in [0.4, 0.5) is 45.5 Å². The molecule has 1 saturated carbocycles. The highest BCUT2D eigenvalue weighted by Crippen LogP contribution is 2.61. The summed E-state index contributed by atoms with van der Waals surface area (Å²) in [5.74, 6) is 0. The van der Waals surface area contributed by atoms with Crippen LogP contribution in [0.3, 0.4) is 0 Å². The van der Waals surface area contributed by atoms with Gasteiger partial charge in [0.25, 0.3) is 6.71 Å². The van der Waals surface area contributed by atoms with Crippen molar-refractivity contribution in [3.8, 4) is 0 Å². The summed E-state index contributed by atoms with van der Waals surface area (Å²) in [5.41, 5.74) is 17.1. The third-order valence-electron chi connectivity index (χ3n) is 13.6. The van der Waals surface area contributed by atoms with E-state index in [-0.39, 0.29) is 23.1 Å². The summed E-state index contributed by atoms with van der Waals surface area (Å²) >= 11 is 0. The van der Waals surface area contributed by atoms with Crippen molar-refractivity contribution in [2.45, 2.75) is 89.5 Å². The van der Waals surface area contributed by atoms with Gasteiger partial charge in [0.15, 0.2) is 0 Å². The lowest BCUT2D eigenvalue weighted by atomic mass is 9.33. The van der Waals surface area contributed by atoms with Gasteiger partial charge in [-0.2, -0.15) is 0 Å². The fourth-order valence-electron chi connectivity index (χ4n) is 10.7. The minimum Gasteiger partial charge on any atom is -0.334 e. The molecule has 3 nitrogen and oxygen atoms in total. The molecule has 3 heterocycles. The molecule has 6 aromatic rings. The van der Waals surface area contributed by atoms with Crippen molar-refractivity contribution in [3.05, 3.63) is 151 Å². The van der Waals surface area contributed by atoms with Crippen LogP contribution in [0.25, 0.3) is 0 Å². The molecule has 0 saturated heterocycles. The maximum Gasteiger partial charge on any atom is 0.252 e. The van der Waals surface area contributed by atoms with Crippen molar-refractivity contribution in [2.75, 3.05) is 14.7 Å². The number of hydrogen-bond acceptors (Lipinski definition) is 3. The molecule has 4 heteroatoms. The maximum absolute atomic E-state index is 2.80. The Labute approximate surface area is 322 Å². The van der Waals surface area contributed by atoms with E-state index in [0.29, 0.717) is 0 Å². The van der Waals surface area contributed by atoms with Crippen LogP contribution in [-0.2, 0) is 10.8 Å². The van der Waals surface area contributed by atoms with E-state index < -0.39 is 0 Å². The van der Waals surface area contributed by atoms with Crippen LogP contribution in [0, 0.1) is 0 Å². The zero-order valence-electron chi connectivity index (χ0n) is 32.4. The van der Waals surface area contributed by atoms with Crippen LogP contribution < -0.4 is 31.1 Å². The van der Waals surface area contributed by atoms with Gasteiger partial charge in [0.1, 0.15) is 0 Å². The standard InChI is InChI=1S/C50H50BN3/c1-48(2,3)35-28-29-42-39(32-35)49(4)30-18-6-7-19-31-50(49,5)54(42)38-33-45-47-46(34-38)53(37-22-12-9-13-23-37)44-27-17-15-25-41(44)51(47)40-24-14-16-26-43(40)52(45)36-20-10-8-11-21-36/h8-17,20-29,32-34H,6-7,18-19,30-31H2,1-5H3. The summed E-state index contributed by atoms with van der Waals surface area (Å²) in [4.78, 5) is 7.90. The van der Waals surface area contributed by atoms with Gasteiger partial charge in [-0.3, -0.25) is 0 Å². The number of fused-ring (bicyclic) bond motifs is 7. The van der Waals surface area contributed by atoms with E-state index in [1.54, 1.807) is 0 Å². The number of anilines is 8. The Morgan fingerprint density at radius 1 is 0.500 bits per heavy atom. The molecule has 4 aliphatic rings.